The van der Waals surface area contributed by atoms with E-state index in [2.05, 4.69) is 127 Å². The van der Waals surface area contributed by atoms with E-state index in [4.69, 9.17) is 13.8 Å². The van der Waals surface area contributed by atoms with Crippen LogP contribution in [0.3, 0.4) is 0 Å². The monoisotopic (exact) mass is 932 g/mol. The van der Waals surface area contributed by atoms with Crippen LogP contribution in [0, 0.1) is 15.9 Å². The van der Waals surface area contributed by atoms with Gasteiger partial charge in [0, 0.05) is 16.0 Å². The van der Waals surface area contributed by atoms with E-state index in [0.717, 1.165) is 33.1 Å². The third kappa shape index (κ3) is 4.63. The number of hydrogen-bond acceptors (Lipinski definition) is 3. The normalized spacial score (nSPS) is 14.5. The zero-order valence-corrected chi connectivity index (χ0v) is 33.1. The molecule has 0 amide bonds. The van der Waals surface area contributed by atoms with Crippen LogP contribution in [0.15, 0.2) is 174 Å². The van der Waals surface area contributed by atoms with Gasteiger partial charge < -0.3 is 0 Å². The number of ether oxygens (including phenoxy) is 1. The molecule has 57 heavy (non-hydrogen) atoms. The molecule has 4 heterocycles. The summed E-state index contributed by atoms with van der Waals surface area (Å²) in [5.74, 6) is 1.77. The van der Waals surface area contributed by atoms with Crippen molar-refractivity contribution in [2.45, 2.75) is 15.2 Å². The molecule has 5 nitrogen and oxygen atoms in total. The van der Waals surface area contributed by atoms with E-state index >= 15 is 0 Å². The first kappa shape index (κ1) is 30.0. The van der Waals surface area contributed by atoms with Crippen molar-refractivity contribution >= 4 is 44.6 Å². The number of fused-ring (bicyclic) bond motifs is 13. The van der Waals surface area contributed by atoms with Gasteiger partial charge in [-0.05, 0) is 51.6 Å². The number of hydrogen-bond donors (Lipinski definition) is 0. The number of para-hydroxylation sites is 2. The number of nitrogens with zero attached hydrogens (tertiary/aromatic N) is 4. The van der Waals surface area contributed by atoms with Gasteiger partial charge in [-0.3, -0.25) is 0 Å². The first-order chi connectivity index (χ1) is 29.3. The molecule has 0 unspecified atom stereocenters. The van der Waals surface area contributed by atoms with E-state index in [9.17, 15) is 0 Å². The molecule has 274 valence electrons. The molecule has 0 saturated carbocycles. The second-order valence-electron chi connectivity index (χ2n) is 14.3. The van der Waals surface area contributed by atoms with Gasteiger partial charge in [0.15, 0.2) is 0 Å². The fourth-order valence-corrected chi connectivity index (χ4v) is 11.2. The van der Waals surface area contributed by atoms with E-state index in [1.807, 2.05) is 89.3 Å². The van der Waals surface area contributed by atoms with Gasteiger partial charge in [-0.1, -0.05) is 78.5 Å². The van der Waals surface area contributed by atoms with E-state index in [1.165, 1.54) is 47.7 Å². The Morgan fingerprint density at radius 3 is 2.12 bits per heavy atom. The summed E-state index contributed by atoms with van der Waals surface area (Å²) < 4.78 is 37.4. The first-order valence-corrected chi connectivity index (χ1v) is 20.6. The fraction of sp³-hybridized carbons (Fsp3) is 0.0400. The molecule has 1 aliphatic carbocycles. The van der Waals surface area contributed by atoms with Crippen LogP contribution in [0.25, 0.3) is 55.5 Å². The Morgan fingerprint density at radius 1 is 0.614 bits per heavy atom. The Hall–Kier alpha value is -6.20. The minimum atomic E-state index is -2.36. The molecule has 1 spiro atoms. The molecule has 12 rings (SSSR count). The Kier molecular flexibility index (Phi) is 6.53. The van der Waals surface area contributed by atoms with Gasteiger partial charge in [0.2, 0.25) is 0 Å². The summed E-state index contributed by atoms with van der Waals surface area (Å²) in [4.78, 5) is 7.41. The molecule has 0 radical (unpaired) electrons. The third-order valence-corrected chi connectivity index (χ3v) is 13.6. The number of benzene rings is 7. The molecular weight excluding hydrogens is 900 g/mol. The minimum absolute atomic E-state index is 0.475. The maximum atomic E-state index is 8.26. The van der Waals surface area contributed by atoms with Gasteiger partial charge in [-0.2, -0.15) is 0 Å². The summed E-state index contributed by atoms with van der Waals surface area (Å²) in [7, 11) is 0. The predicted molar refractivity (Wildman–Crippen MR) is 223 cm³/mol. The van der Waals surface area contributed by atoms with Crippen molar-refractivity contribution in [2.24, 2.45) is 6.98 Å². The number of rotatable bonds is 4. The van der Waals surface area contributed by atoms with E-state index < -0.39 is 12.4 Å². The Balaban J connectivity index is 1.06. The molecule has 0 atom stereocenters. The van der Waals surface area contributed by atoms with Crippen molar-refractivity contribution in [1.82, 2.24) is 18.7 Å². The van der Waals surface area contributed by atoms with Crippen molar-refractivity contribution < 1.29 is 28.2 Å². The molecular formula is C50H30N4OPtS-2. The van der Waals surface area contributed by atoms with Crippen molar-refractivity contribution in [3.8, 4) is 34.1 Å². The molecule has 0 saturated heterocycles. The number of aryl methyl sites for hydroxylation is 1. The fourth-order valence-electron chi connectivity index (χ4n) is 9.14. The average Bonchev–Trinajstić information content (AvgIpc) is 3.86. The zero-order chi connectivity index (χ0) is 40.3. The van der Waals surface area contributed by atoms with Crippen LogP contribution in [-0.2, 0) is 31.7 Å². The molecule has 7 aromatic carbocycles. The maximum absolute atomic E-state index is 8.26. The van der Waals surface area contributed by atoms with Crippen LogP contribution in [0.5, 0.6) is 11.5 Å². The summed E-state index contributed by atoms with van der Waals surface area (Å²) in [5.41, 5.74) is 10.9. The van der Waals surface area contributed by atoms with Gasteiger partial charge in [-0.25, -0.2) is 0 Å². The van der Waals surface area contributed by atoms with Crippen LogP contribution >= 0.6 is 11.8 Å². The molecule has 1 aliphatic heterocycles. The second kappa shape index (κ2) is 12.4. The Morgan fingerprint density at radius 2 is 1.33 bits per heavy atom. The van der Waals surface area contributed by atoms with Crippen LogP contribution in [0.1, 0.15) is 26.4 Å². The predicted octanol–water partition coefficient (Wildman–Crippen LogP) is 11.8. The molecule has 10 aromatic rings. The van der Waals surface area contributed by atoms with Crippen LogP contribution in [0.4, 0.5) is 0 Å². The molecule has 0 bridgehead atoms. The molecule has 3 aromatic heterocycles. The number of aromatic nitrogens is 4. The quantitative estimate of drug-likeness (QED) is 0.165. The van der Waals surface area contributed by atoms with Crippen molar-refractivity contribution in [2.75, 3.05) is 0 Å². The molecule has 7 heteroatoms. The molecule has 0 N–H and O–H groups in total. The first-order valence-electron chi connectivity index (χ1n) is 20.1. The van der Waals surface area contributed by atoms with Gasteiger partial charge >= 0.3 is 198 Å². The van der Waals surface area contributed by atoms with Crippen LogP contribution in [0.2, 0.25) is 0 Å². The summed E-state index contributed by atoms with van der Waals surface area (Å²) in [6, 6.07) is 61.6. The average molecular weight is 933 g/mol. The summed E-state index contributed by atoms with van der Waals surface area (Å²) in [6.45, 7) is -2.36. The van der Waals surface area contributed by atoms with E-state index in [1.54, 1.807) is 0 Å². The van der Waals surface area contributed by atoms with Gasteiger partial charge in [-0.15, -0.1) is 0 Å². The van der Waals surface area contributed by atoms with Crippen molar-refractivity contribution in [3.63, 3.8) is 0 Å². The summed E-state index contributed by atoms with van der Waals surface area (Å²) >= 11 is 3.92. The van der Waals surface area contributed by atoms with Gasteiger partial charge in [0.1, 0.15) is 0 Å². The third-order valence-electron chi connectivity index (χ3n) is 11.4. The Labute approximate surface area is 348 Å². The number of pyridine rings is 1. The van der Waals surface area contributed by atoms with Crippen molar-refractivity contribution in [3.05, 3.63) is 202 Å². The standard InChI is InChI=1S/C50H30N4OS.Pt/c1-52-31-53(44-20-7-6-19-43(44)52)32-13-12-14-33(27-32)55-34-24-25-36-38-29-37-35-15-2-3-16-39(35)50(40-17-4-8-21-47(40)56-48-22-9-5-18-41(48)50)42(37)30-46(38)54(45(36)28-34)49-23-10-11-26-51-49;/h2-26,29-30H,1H3;/q-2;/i1D3;. The summed E-state index contributed by atoms with van der Waals surface area (Å²) in [6.07, 6.45) is 1.83. The Bertz CT molecular complexity index is 3430. The molecule has 2 aliphatic rings. The second-order valence-corrected chi connectivity index (χ2v) is 16.4. The van der Waals surface area contributed by atoms with Crippen molar-refractivity contribution in [1.29, 1.82) is 0 Å². The van der Waals surface area contributed by atoms with E-state index in [0.29, 0.717) is 26.5 Å². The topological polar surface area (TPSA) is 36.9 Å². The van der Waals surface area contributed by atoms with Gasteiger partial charge in [0.05, 0.1) is 5.41 Å². The summed E-state index contributed by atoms with van der Waals surface area (Å²) in [5, 5.41) is 2.13. The molecule has 0 fully saturated rings. The van der Waals surface area contributed by atoms with Gasteiger partial charge in [0.25, 0.3) is 0 Å². The zero-order valence-electron chi connectivity index (χ0n) is 33.0. The van der Waals surface area contributed by atoms with Crippen LogP contribution < -0.4 is 4.74 Å². The van der Waals surface area contributed by atoms with E-state index in [-0.39, 0.29) is 0 Å². The SMILES string of the molecule is [2H]C([2H])([2H])n1[c](=[Pt])n(-c2[c-]c(Oc3[c-]c4c(cc3)c3cc5c(cc3n4-c3ccccn3)C3(c4ccccc4Sc4ccccc43)c3ccccc3-5)ccc2)c2ccccc21. The number of imidazole rings is 1. The van der Waals surface area contributed by atoms with Crippen LogP contribution in [-0.4, -0.2) is 18.7 Å².